The molecule has 0 aliphatic rings. The molecule has 0 radical (unpaired) electrons. The van der Waals surface area contributed by atoms with Crippen molar-refractivity contribution in [1.82, 2.24) is 9.97 Å². The van der Waals surface area contributed by atoms with Crippen molar-refractivity contribution in [3.05, 3.63) is 47.8 Å². The van der Waals surface area contributed by atoms with Gasteiger partial charge in [-0.25, -0.2) is 9.97 Å². The molecule has 0 unspecified atom stereocenters. The van der Waals surface area contributed by atoms with Crippen molar-refractivity contribution in [1.29, 1.82) is 0 Å². The van der Waals surface area contributed by atoms with Crippen LogP contribution in [0.5, 0.6) is 0 Å². The molecule has 0 amide bonds. The van der Waals surface area contributed by atoms with Gasteiger partial charge in [0.1, 0.15) is 17.5 Å². The van der Waals surface area contributed by atoms with E-state index in [1.165, 1.54) is 5.56 Å². The molecule has 0 saturated carbocycles. The van der Waals surface area contributed by atoms with Gasteiger partial charge in [0.15, 0.2) is 5.82 Å². The molecule has 1 heterocycles. The molecule has 0 atom stereocenters. The SMILES string of the molecule is CCOCc1nc(N)cc(SCc2ccccc2)n1. The number of nitrogens with two attached hydrogens (primary N) is 1. The van der Waals surface area contributed by atoms with E-state index in [-0.39, 0.29) is 0 Å². The normalized spacial score (nSPS) is 10.6. The minimum atomic E-state index is 0.403. The maximum atomic E-state index is 5.78. The number of thioether (sulfide) groups is 1. The molecular formula is C14H17N3OS. The highest BCUT2D eigenvalue weighted by molar-refractivity contribution is 7.98. The molecule has 4 nitrogen and oxygen atoms in total. The van der Waals surface area contributed by atoms with E-state index < -0.39 is 0 Å². The first kappa shape index (κ1) is 13.8. The van der Waals surface area contributed by atoms with Crippen LogP contribution in [0.15, 0.2) is 41.4 Å². The summed E-state index contributed by atoms with van der Waals surface area (Å²) >= 11 is 1.65. The molecule has 0 aliphatic heterocycles. The van der Waals surface area contributed by atoms with Crippen LogP contribution < -0.4 is 5.73 Å². The standard InChI is InChI=1S/C14H17N3OS/c1-2-18-9-13-16-12(15)8-14(17-13)19-10-11-6-4-3-5-7-11/h3-8H,2,9-10H2,1H3,(H2,15,16,17). The molecule has 0 aliphatic carbocycles. The highest BCUT2D eigenvalue weighted by Crippen LogP contribution is 2.22. The lowest BCUT2D eigenvalue weighted by Crippen LogP contribution is -2.03. The summed E-state index contributed by atoms with van der Waals surface area (Å²) in [6.45, 7) is 2.99. The Morgan fingerprint density at radius 1 is 1.21 bits per heavy atom. The Morgan fingerprint density at radius 3 is 2.74 bits per heavy atom. The Kier molecular flexibility index (Phi) is 5.18. The van der Waals surface area contributed by atoms with Crippen LogP contribution in [0.1, 0.15) is 18.3 Å². The van der Waals surface area contributed by atoms with Crippen LogP contribution in [0.2, 0.25) is 0 Å². The largest absolute Gasteiger partial charge is 0.384 e. The van der Waals surface area contributed by atoms with Gasteiger partial charge in [-0.3, -0.25) is 0 Å². The predicted molar refractivity (Wildman–Crippen MR) is 77.8 cm³/mol. The maximum absolute atomic E-state index is 5.78. The van der Waals surface area contributed by atoms with Gasteiger partial charge >= 0.3 is 0 Å². The fraction of sp³-hybridized carbons (Fsp3) is 0.286. The summed E-state index contributed by atoms with van der Waals surface area (Å²) in [5, 5.41) is 0.881. The third kappa shape index (κ3) is 4.54. The lowest BCUT2D eigenvalue weighted by Gasteiger charge is -2.06. The average molecular weight is 275 g/mol. The highest BCUT2D eigenvalue weighted by Gasteiger charge is 2.04. The Bertz CT molecular complexity index is 519. The average Bonchev–Trinajstić information content (AvgIpc) is 2.43. The van der Waals surface area contributed by atoms with Crippen molar-refractivity contribution in [3.8, 4) is 0 Å². The molecule has 100 valence electrons. The lowest BCUT2D eigenvalue weighted by molar-refractivity contribution is 0.128. The zero-order valence-electron chi connectivity index (χ0n) is 10.9. The van der Waals surface area contributed by atoms with E-state index in [0.717, 1.165) is 10.8 Å². The van der Waals surface area contributed by atoms with Crippen LogP contribution in [0.25, 0.3) is 0 Å². The molecule has 2 N–H and O–H groups in total. The Morgan fingerprint density at radius 2 is 2.00 bits per heavy atom. The molecule has 2 rings (SSSR count). The number of rotatable bonds is 6. The first-order valence-corrected chi connectivity index (χ1v) is 7.14. The van der Waals surface area contributed by atoms with Crippen molar-refractivity contribution in [3.63, 3.8) is 0 Å². The van der Waals surface area contributed by atoms with Crippen LogP contribution in [-0.2, 0) is 17.1 Å². The van der Waals surface area contributed by atoms with Gasteiger partial charge in [0.2, 0.25) is 0 Å². The monoisotopic (exact) mass is 275 g/mol. The van der Waals surface area contributed by atoms with E-state index >= 15 is 0 Å². The topological polar surface area (TPSA) is 61.0 Å². The summed E-state index contributed by atoms with van der Waals surface area (Å²) in [6.07, 6.45) is 0. The van der Waals surface area contributed by atoms with Crippen LogP contribution in [0.3, 0.4) is 0 Å². The van der Waals surface area contributed by atoms with Crippen LogP contribution >= 0.6 is 11.8 Å². The summed E-state index contributed by atoms with van der Waals surface area (Å²) in [4.78, 5) is 8.59. The molecule has 0 saturated heterocycles. The van der Waals surface area contributed by atoms with Crippen LogP contribution in [0, 0.1) is 0 Å². The fourth-order valence-electron chi connectivity index (χ4n) is 1.56. The van der Waals surface area contributed by atoms with E-state index in [4.69, 9.17) is 10.5 Å². The van der Waals surface area contributed by atoms with Crippen molar-refractivity contribution in [2.24, 2.45) is 0 Å². The second-order valence-electron chi connectivity index (χ2n) is 3.96. The van der Waals surface area contributed by atoms with Gasteiger partial charge < -0.3 is 10.5 Å². The Balaban J connectivity index is 2.01. The van der Waals surface area contributed by atoms with Crippen molar-refractivity contribution < 1.29 is 4.74 Å². The third-order valence-electron chi connectivity index (χ3n) is 2.43. The number of nitrogens with zero attached hydrogens (tertiary/aromatic N) is 2. The number of hydrogen-bond acceptors (Lipinski definition) is 5. The molecule has 1 aromatic heterocycles. The first-order chi connectivity index (χ1) is 9.28. The molecule has 1 aromatic carbocycles. The van der Waals surface area contributed by atoms with Gasteiger partial charge in [0.25, 0.3) is 0 Å². The number of hydrogen-bond donors (Lipinski definition) is 1. The van der Waals surface area contributed by atoms with E-state index in [0.29, 0.717) is 24.9 Å². The van der Waals surface area contributed by atoms with E-state index in [2.05, 4.69) is 22.1 Å². The summed E-state index contributed by atoms with van der Waals surface area (Å²) in [7, 11) is 0. The zero-order chi connectivity index (χ0) is 13.5. The summed E-state index contributed by atoms with van der Waals surface area (Å²) in [5.41, 5.74) is 7.04. The number of ether oxygens (including phenoxy) is 1. The fourth-order valence-corrected chi connectivity index (χ4v) is 2.44. The van der Waals surface area contributed by atoms with Gasteiger partial charge in [-0.15, -0.1) is 11.8 Å². The van der Waals surface area contributed by atoms with Crippen LogP contribution in [0.4, 0.5) is 5.82 Å². The summed E-state index contributed by atoms with van der Waals surface area (Å²) < 4.78 is 5.30. The minimum Gasteiger partial charge on any atom is -0.384 e. The van der Waals surface area contributed by atoms with Crippen molar-refractivity contribution in [2.75, 3.05) is 12.3 Å². The number of nitrogen functional groups attached to an aromatic ring is 1. The zero-order valence-corrected chi connectivity index (χ0v) is 11.7. The first-order valence-electron chi connectivity index (χ1n) is 6.16. The minimum absolute atomic E-state index is 0.403. The molecular weight excluding hydrogens is 258 g/mol. The molecule has 2 aromatic rings. The van der Waals surface area contributed by atoms with Crippen LogP contribution in [-0.4, -0.2) is 16.6 Å². The van der Waals surface area contributed by atoms with E-state index in [1.54, 1.807) is 17.8 Å². The highest BCUT2D eigenvalue weighted by atomic mass is 32.2. The van der Waals surface area contributed by atoms with Crippen molar-refractivity contribution >= 4 is 17.6 Å². The summed E-state index contributed by atoms with van der Waals surface area (Å²) in [6, 6.07) is 12.1. The molecule has 19 heavy (non-hydrogen) atoms. The van der Waals surface area contributed by atoms with Gasteiger partial charge in [0.05, 0.1) is 0 Å². The predicted octanol–water partition coefficient (Wildman–Crippen LogP) is 2.89. The third-order valence-corrected chi connectivity index (χ3v) is 3.42. The van der Waals surface area contributed by atoms with E-state index in [9.17, 15) is 0 Å². The molecule has 0 spiro atoms. The second kappa shape index (κ2) is 7.11. The van der Waals surface area contributed by atoms with Crippen molar-refractivity contribution in [2.45, 2.75) is 24.3 Å². The maximum Gasteiger partial charge on any atom is 0.157 e. The van der Waals surface area contributed by atoms with Gasteiger partial charge in [-0.1, -0.05) is 30.3 Å². The smallest absolute Gasteiger partial charge is 0.157 e. The molecule has 5 heteroatoms. The summed E-state index contributed by atoms with van der Waals surface area (Å²) in [5.74, 6) is 1.99. The molecule has 0 fully saturated rings. The Hall–Kier alpha value is -1.59. The molecule has 0 bridgehead atoms. The quantitative estimate of drug-likeness (QED) is 0.649. The van der Waals surface area contributed by atoms with E-state index in [1.807, 2.05) is 25.1 Å². The van der Waals surface area contributed by atoms with Gasteiger partial charge in [-0.2, -0.15) is 0 Å². The number of anilines is 1. The van der Waals surface area contributed by atoms with Gasteiger partial charge in [-0.05, 0) is 12.5 Å². The lowest BCUT2D eigenvalue weighted by atomic mass is 10.2. The number of benzene rings is 1. The number of aromatic nitrogens is 2. The Labute approximate surface area is 117 Å². The second-order valence-corrected chi connectivity index (χ2v) is 4.95. The van der Waals surface area contributed by atoms with Gasteiger partial charge in [0, 0.05) is 18.4 Å².